The number of likely N-dealkylation sites (tertiary alicyclic amines) is 1. The fraction of sp³-hybridized carbons (Fsp3) is 0.480. The number of Topliss-reactive ketones (excluding diaryl/α,β-unsaturated/α-hetero) is 1. The van der Waals surface area contributed by atoms with Crippen LogP contribution in [0.2, 0.25) is 0 Å². The Kier molecular flexibility index (Phi) is 6.19. The summed E-state index contributed by atoms with van der Waals surface area (Å²) in [6.07, 6.45) is 2.81. The molecule has 2 N–H and O–H groups in total. The summed E-state index contributed by atoms with van der Waals surface area (Å²) in [5.41, 5.74) is 6.92. The van der Waals surface area contributed by atoms with E-state index in [1.54, 1.807) is 29.2 Å². The van der Waals surface area contributed by atoms with Crippen molar-refractivity contribution in [1.29, 1.82) is 0 Å². The van der Waals surface area contributed by atoms with E-state index in [4.69, 9.17) is 19.9 Å². The maximum atomic E-state index is 13.3. The van der Waals surface area contributed by atoms with Gasteiger partial charge in [0.2, 0.25) is 5.88 Å². The predicted molar refractivity (Wildman–Crippen MR) is 120 cm³/mol. The molecule has 0 aromatic heterocycles. The summed E-state index contributed by atoms with van der Waals surface area (Å²) in [5.74, 6) is -0.882. The molecule has 2 aliphatic heterocycles. The first-order valence-corrected chi connectivity index (χ1v) is 11.2. The second kappa shape index (κ2) is 8.92. The lowest BCUT2D eigenvalue weighted by atomic mass is 9.70. The highest BCUT2D eigenvalue weighted by atomic mass is 16.5. The first kappa shape index (κ1) is 22.9. The van der Waals surface area contributed by atoms with Crippen molar-refractivity contribution >= 4 is 17.7 Å². The number of nitrogens with two attached hydrogens (primary N) is 1. The van der Waals surface area contributed by atoms with Gasteiger partial charge in [-0.05, 0) is 24.3 Å². The van der Waals surface area contributed by atoms with Gasteiger partial charge in [-0.3, -0.25) is 9.59 Å². The van der Waals surface area contributed by atoms with E-state index in [0.29, 0.717) is 35.5 Å². The molecule has 4 rings (SSSR count). The molecule has 1 aromatic carbocycles. The highest BCUT2D eigenvalue weighted by molar-refractivity contribution is 6.03. The number of esters is 1. The standard InChI is InChI=1S/C25H30N2O6/c1-25(2)12-16(28)21-18(13-25)33-23(26)22(24(30)31-3)20(21)15-8-4-5-9-17(15)32-14-19(29)27-10-6-7-11-27/h4-5,8-9,20H,6-7,10-14,26H2,1-3H3. The number of benzene rings is 1. The lowest BCUT2D eigenvalue weighted by molar-refractivity contribution is -0.137. The van der Waals surface area contributed by atoms with Crippen LogP contribution in [0.5, 0.6) is 5.75 Å². The number of rotatable bonds is 5. The summed E-state index contributed by atoms with van der Waals surface area (Å²) in [6.45, 7) is 5.32. The highest BCUT2D eigenvalue weighted by Crippen LogP contribution is 2.49. The van der Waals surface area contributed by atoms with Gasteiger partial charge in [0.15, 0.2) is 12.4 Å². The predicted octanol–water partition coefficient (Wildman–Crippen LogP) is 2.79. The van der Waals surface area contributed by atoms with Gasteiger partial charge in [-0.25, -0.2) is 4.79 Å². The number of methoxy groups -OCH3 is 1. The van der Waals surface area contributed by atoms with Crippen LogP contribution in [-0.2, 0) is 23.9 Å². The SMILES string of the molecule is COC(=O)C1=C(N)OC2=C(C(=O)CC(C)(C)C2)C1c1ccccc1OCC(=O)N1CCCC1. The Bertz CT molecular complexity index is 1050. The molecule has 1 amide bonds. The maximum absolute atomic E-state index is 13.3. The number of hydrogen-bond acceptors (Lipinski definition) is 7. The Hall–Kier alpha value is -3.29. The van der Waals surface area contributed by atoms with Crippen molar-refractivity contribution in [3.05, 3.63) is 52.6 Å². The lowest BCUT2D eigenvalue weighted by Crippen LogP contribution is -2.36. The van der Waals surface area contributed by atoms with Crippen molar-refractivity contribution in [3.8, 4) is 5.75 Å². The number of ketones is 1. The van der Waals surface area contributed by atoms with E-state index in [2.05, 4.69) is 0 Å². The zero-order valence-corrected chi connectivity index (χ0v) is 19.3. The summed E-state index contributed by atoms with van der Waals surface area (Å²) in [4.78, 5) is 40.4. The zero-order valence-electron chi connectivity index (χ0n) is 19.3. The molecule has 1 aromatic rings. The molecule has 0 bridgehead atoms. The van der Waals surface area contributed by atoms with Gasteiger partial charge >= 0.3 is 5.97 Å². The Balaban J connectivity index is 1.74. The third kappa shape index (κ3) is 4.47. The Morgan fingerprint density at radius 3 is 2.58 bits per heavy atom. The topological polar surface area (TPSA) is 108 Å². The third-order valence-electron chi connectivity index (χ3n) is 6.40. The summed E-state index contributed by atoms with van der Waals surface area (Å²) in [5, 5.41) is 0. The highest BCUT2D eigenvalue weighted by Gasteiger charge is 2.45. The maximum Gasteiger partial charge on any atom is 0.340 e. The van der Waals surface area contributed by atoms with Crippen LogP contribution >= 0.6 is 0 Å². The van der Waals surface area contributed by atoms with Gasteiger partial charge in [0.25, 0.3) is 5.91 Å². The Morgan fingerprint density at radius 1 is 1.18 bits per heavy atom. The number of nitrogens with zero attached hydrogens (tertiary/aromatic N) is 1. The molecule has 0 spiro atoms. The molecule has 3 aliphatic rings. The van der Waals surface area contributed by atoms with Gasteiger partial charge < -0.3 is 24.8 Å². The van der Waals surface area contributed by atoms with E-state index in [9.17, 15) is 14.4 Å². The second-order valence-corrected chi connectivity index (χ2v) is 9.50. The molecule has 8 nitrogen and oxygen atoms in total. The Morgan fingerprint density at radius 2 is 1.88 bits per heavy atom. The van der Waals surface area contributed by atoms with Crippen molar-refractivity contribution in [2.24, 2.45) is 11.1 Å². The molecule has 0 radical (unpaired) electrons. The molecular weight excluding hydrogens is 424 g/mol. The normalized spacial score (nSPS) is 22.1. The fourth-order valence-corrected chi connectivity index (χ4v) is 4.85. The van der Waals surface area contributed by atoms with Crippen LogP contribution in [0.1, 0.15) is 51.0 Å². The molecule has 8 heteroatoms. The van der Waals surface area contributed by atoms with Crippen LogP contribution in [0.25, 0.3) is 0 Å². The molecular formula is C25H30N2O6. The number of amides is 1. The van der Waals surface area contributed by atoms with E-state index < -0.39 is 11.9 Å². The first-order chi connectivity index (χ1) is 15.7. The number of para-hydroxylation sites is 1. The van der Waals surface area contributed by atoms with Crippen LogP contribution < -0.4 is 10.5 Å². The van der Waals surface area contributed by atoms with Crippen LogP contribution in [0.4, 0.5) is 0 Å². The van der Waals surface area contributed by atoms with Gasteiger partial charge in [0, 0.05) is 37.1 Å². The third-order valence-corrected chi connectivity index (χ3v) is 6.40. The van der Waals surface area contributed by atoms with Gasteiger partial charge in [0.1, 0.15) is 17.1 Å². The van der Waals surface area contributed by atoms with Crippen LogP contribution in [-0.4, -0.2) is 49.4 Å². The summed E-state index contributed by atoms with van der Waals surface area (Å²) in [7, 11) is 1.26. The quantitative estimate of drug-likeness (QED) is 0.682. The number of carbonyl (C=O) groups is 3. The van der Waals surface area contributed by atoms with Gasteiger partial charge in [-0.2, -0.15) is 0 Å². The molecule has 33 heavy (non-hydrogen) atoms. The number of hydrogen-bond donors (Lipinski definition) is 1. The van der Waals surface area contributed by atoms with Gasteiger partial charge in [-0.15, -0.1) is 0 Å². The largest absolute Gasteiger partial charge is 0.483 e. The first-order valence-electron chi connectivity index (χ1n) is 11.2. The fourth-order valence-electron chi connectivity index (χ4n) is 4.85. The molecule has 1 aliphatic carbocycles. The van der Waals surface area contributed by atoms with Crippen LogP contribution in [0.3, 0.4) is 0 Å². The van der Waals surface area contributed by atoms with Crippen molar-refractivity contribution in [3.63, 3.8) is 0 Å². The van der Waals surface area contributed by atoms with Crippen LogP contribution in [0.15, 0.2) is 47.1 Å². The minimum Gasteiger partial charge on any atom is -0.483 e. The van der Waals surface area contributed by atoms with E-state index in [1.807, 2.05) is 13.8 Å². The molecule has 1 atom stereocenters. The van der Waals surface area contributed by atoms with E-state index >= 15 is 0 Å². The van der Waals surface area contributed by atoms with Crippen molar-refractivity contribution in [2.75, 3.05) is 26.8 Å². The zero-order chi connectivity index (χ0) is 23.8. The second-order valence-electron chi connectivity index (χ2n) is 9.50. The summed E-state index contributed by atoms with van der Waals surface area (Å²) < 4.78 is 16.7. The van der Waals surface area contributed by atoms with Crippen molar-refractivity contribution in [2.45, 2.75) is 45.4 Å². The average Bonchev–Trinajstić information content (AvgIpc) is 3.30. The lowest BCUT2D eigenvalue weighted by Gasteiger charge is -2.38. The minimum absolute atomic E-state index is 0.0613. The number of carbonyl (C=O) groups excluding carboxylic acids is 3. The van der Waals surface area contributed by atoms with Crippen LogP contribution in [0, 0.1) is 5.41 Å². The molecule has 1 fully saturated rings. The minimum atomic E-state index is -0.803. The van der Waals surface area contributed by atoms with Crippen molar-refractivity contribution < 1.29 is 28.6 Å². The molecule has 1 unspecified atom stereocenters. The molecule has 0 saturated carbocycles. The smallest absolute Gasteiger partial charge is 0.340 e. The van der Waals surface area contributed by atoms with E-state index in [1.165, 1.54) is 7.11 Å². The van der Waals surface area contributed by atoms with E-state index in [0.717, 1.165) is 25.9 Å². The van der Waals surface area contributed by atoms with Crippen molar-refractivity contribution in [1.82, 2.24) is 4.90 Å². The summed E-state index contributed by atoms with van der Waals surface area (Å²) >= 11 is 0. The number of ether oxygens (including phenoxy) is 3. The average molecular weight is 455 g/mol. The monoisotopic (exact) mass is 454 g/mol. The molecule has 2 heterocycles. The van der Waals surface area contributed by atoms with Gasteiger partial charge in [0.05, 0.1) is 13.0 Å². The Labute approximate surface area is 193 Å². The molecule has 176 valence electrons. The van der Waals surface area contributed by atoms with E-state index in [-0.39, 0.29) is 35.2 Å². The summed E-state index contributed by atoms with van der Waals surface area (Å²) in [6, 6.07) is 7.08. The number of allylic oxidation sites excluding steroid dienone is 2. The molecule has 1 saturated heterocycles. The van der Waals surface area contributed by atoms with Gasteiger partial charge in [-0.1, -0.05) is 32.0 Å².